The van der Waals surface area contributed by atoms with Gasteiger partial charge in [0.1, 0.15) is 11.4 Å². The van der Waals surface area contributed by atoms with Crippen LogP contribution in [0.4, 0.5) is 0 Å². The number of aromatic nitrogens is 2. The van der Waals surface area contributed by atoms with E-state index in [4.69, 9.17) is 14.5 Å². The molecule has 5 aromatic rings. The van der Waals surface area contributed by atoms with Crippen molar-refractivity contribution in [1.82, 2.24) is 14.9 Å². The highest BCUT2D eigenvalue weighted by Gasteiger charge is 2.23. The Morgan fingerprint density at radius 1 is 1.00 bits per heavy atom. The fraction of sp³-hybridized carbons (Fsp3) is 0.324. The summed E-state index contributed by atoms with van der Waals surface area (Å²) in [5.41, 5.74) is 6.65. The zero-order chi connectivity index (χ0) is 27.5. The number of fused-ring (bicyclic) bond motifs is 3. The second-order valence-electron chi connectivity index (χ2n) is 11.2. The smallest absolute Gasteiger partial charge is 0.143 e. The summed E-state index contributed by atoms with van der Waals surface area (Å²) in [5, 5.41) is 3.08. The van der Waals surface area contributed by atoms with Crippen molar-refractivity contribution in [2.45, 2.75) is 36.5 Å². The van der Waals surface area contributed by atoms with Crippen molar-refractivity contribution in [3.63, 3.8) is 0 Å². The SMILES string of the molecule is Cc1cnc2[nH]c3c(OCC(COCc4ccccc4)CN(C)C)ccc(-c4cccc(SC5CC5)c4)c3c2c1. The molecule has 0 amide bonds. The molecule has 1 atom stereocenters. The van der Waals surface area contributed by atoms with Crippen LogP contribution >= 0.6 is 11.8 Å². The first-order valence-corrected chi connectivity index (χ1v) is 15.0. The molecule has 1 aliphatic carbocycles. The third-order valence-corrected chi connectivity index (χ3v) is 8.57. The van der Waals surface area contributed by atoms with E-state index < -0.39 is 0 Å². The van der Waals surface area contributed by atoms with Gasteiger partial charge in [0.05, 0.1) is 25.3 Å². The van der Waals surface area contributed by atoms with Crippen molar-refractivity contribution in [3.8, 4) is 16.9 Å². The summed E-state index contributed by atoms with van der Waals surface area (Å²) in [4.78, 5) is 11.8. The number of hydrogen-bond donors (Lipinski definition) is 1. The Kier molecular flexibility index (Phi) is 8.10. The average molecular weight is 552 g/mol. The summed E-state index contributed by atoms with van der Waals surface area (Å²) >= 11 is 2.00. The third kappa shape index (κ3) is 6.35. The molecule has 0 saturated heterocycles. The molecule has 0 aliphatic heterocycles. The van der Waals surface area contributed by atoms with E-state index in [9.17, 15) is 0 Å². The van der Waals surface area contributed by atoms with Gasteiger partial charge in [0.15, 0.2) is 0 Å². The van der Waals surface area contributed by atoms with Crippen LogP contribution in [0.2, 0.25) is 0 Å². The van der Waals surface area contributed by atoms with E-state index in [0.29, 0.717) is 19.8 Å². The van der Waals surface area contributed by atoms with Crippen LogP contribution in [0.25, 0.3) is 33.1 Å². The number of hydrogen-bond acceptors (Lipinski definition) is 5. The predicted molar refractivity (Wildman–Crippen MR) is 166 cm³/mol. The fourth-order valence-electron chi connectivity index (χ4n) is 5.24. The van der Waals surface area contributed by atoms with Gasteiger partial charge in [-0.05, 0) is 86.4 Å². The number of benzene rings is 3. The van der Waals surface area contributed by atoms with Crippen molar-refractivity contribution in [2.24, 2.45) is 5.92 Å². The van der Waals surface area contributed by atoms with Crippen molar-refractivity contribution in [3.05, 3.63) is 90.1 Å². The lowest BCUT2D eigenvalue weighted by Crippen LogP contribution is -2.29. The molecule has 0 bridgehead atoms. The zero-order valence-electron chi connectivity index (χ0n) is 23.5. The van der Waals surface area contributed by atoms with Crippen molar-refractivity contribution in [1.29, 1.82) is 0 Å². The van der Waals surface area contributed by atoms with Crippen LogP contribution in [0, 0.1) is 12.8 Å². The summed E-state index contributed by atoms with van der Waals surface area (Å²) in [6, 6.07) is 25.8. The van der Waals surface area contributed by atoms with Gasteiger partial charge in [0.25, 0.3) is 0 Å². The summed E-state index contributed by atoms with van der Waals surface area (Å²) in [5.74, 6) is 1.08. The summed E-state index contributed by atoms with van der Waals surface area (Å²) < 4.78 is 12.7. The molecular weight excluding hydrogens is 514 g/mol. The molecule has 2 aromatic heterocycles. The number of aromatic amines is 1. The Labute approximate surface area is 240 Å². The average Bonchev–Trinajstić information content (AvgIpc) is 3.69. The lowest BCUT2D eigenvalue weighted by atomic mass is 9.99. The maximum absolute atomic E-state index is 6.55. The van der Waals surface area contributed by atoms with Crippen LogP contribution in [0.5, 0.6) is 5.75 Å². The Bertz CT molecular complexity index is 1590. The van der Waals surface area contributed by atoms with Crippen molar-refractivity contribution < 1.29 is 9.47 Å². The van der Waals surface area contributed by atoms with Crippen LogP contribution in [-0.2, 0) is 11.3 Å². The quantitative estimate of drug-likeness (QED) is 0.172. The standard InChI is InChI=1S/C34H37N3O2S/c1-23-16-30-32-29(26-10-7-11-28(17-26)40-27-12-13-27)14-15-31(33(32)36-34(30)35-18-23)39-22-25(19-37(2)3)21-38-20-24-8-5-4-6-9-24/h4-11,14-18,25,27H,12-13,19-22H2,1-3H3,(H,35,36). The second kappa shape index (κ2) is 12.0. The van der Waals surface area contributed by atoms with E-state index in [1.807, 2.05) is 36.2 Å². The van der Waals surface area contributed by atoms with Crippen molar-refractivity contribution in [2.75, 3.05) is 33.9 Å². The van der Waals surface area contributed by atoms with Crippen LogP contribution in [0.1, 0.15) is 24.0 Å². The number of nitrogens with zero attached hydrogens (tertiary/aromatic N) is 2. The summed E-state index contributed by atoms with van der Waals surface area (Å²) in [6.45, 7) is 4.78. The normalized spacial score (nSPS) is 14.3. The van der Waals surface area contributed by atoms with Gasteiger partial charge in [-0.3, -0.25) is 0 Å². The van der Waals surface area contributed by atoms with Gasteiger partial charge in [-0.2, -0.15) is 0 Å². The molecular formula is C34H37N3O2S. The Morgan fingerprint density at radius 2 is 1.85 bits per heavy atom. The molecule has 0 spiro atoms. The highest BCUT2D eigenvalue weighted by molar-refractivity contribution is 8.00. The number of nitrogens with one attached hydrogen (secondary N) is 1. The number of ether oxygens (including phenoxy) is 2. The lowest BCUT2D eigenvalue weighted by Gasteiger charge is -2.22. The first-order chi connectivity index (χ1) is 19.5. The number of H-pyrrole nitrogens is 1. The van der Waals surface area contributed by atoms with E-state index in [1.54, 1.807) is 0 Å². The molecule has 5 nitrogen and oxygen atoms in total. The maximum Gasteiger partial charge on any atom is 0.143 e. The molecule has 6 rings (SSSR count). The molecule has 1 aliphatic rings. The minimum absolute atomic E-state index is 0.231. The molecule has 40 heavy (non-hydrogen) atoms. The Morgan fingerprint density at radius 3 is 2.65 bits per heavy atom. The van der Waals surface area contributed by atoms with Crippen LogP contribution < -0.4 is 4.74 Å². The van der Waals surface area contributed by atoms with E-state index in [2.05, 4.69) is 85.5 Å². The van der Waals surface area contributed by atoms with Crippen LogP contribution in [-0.4, -0.2) is 54.0 Å². The number of thioether (sulfide) groups is 1. The molecule has 1 N–H and O–H groups in total. The molecule has 0 radical (unpaired) electrons. The first kappa shape index (κ1) is 26.9. The van der Waals surface area contributed by atoms with Gasteiger partial charge in [0.2, 0.25) is 0 Å². The number of aryl methyl sites for hydroxylation is 1. The first-order valence-electron chi connectivity index (χ1n) is 14.1. The van der Waals surface area contributed by atoms with Gasteiger partial charge in [-0.25, -0.2) is 4.98 Å². The van der Waals surface area contributed by atoms with E-state index in [0.717, 1.165) is 39.7 Å². The molecule has 1 saturated carbocycles. The Hall–Kier alpha value is -3.32. The predicted octanol–water partition coefficient (Wildman–Crippen LogP) is 7.72. The van der Waals surface area contributed by atoms with Crippen LogP contribution in [0.3, 0.4) is 0 Å². The van der Waals surface area contributed by atoms with Gasteiger partial charge in [-0.15, -0.1) is 11.8 Å². The van der Waals surface area contributed by atoms with Crippen LogP contribution in [0.15, 0.2) is 83.9 Å². The minimum Gasteiger partial charge on any atom is -0.491 e. The molecule has 6 heteroatoms. The van der Waals surface area contributed by atoms with E-state index in [-0.39, 0.29) is 5.92 Å². The molecule has 1 unspecified atom stereocenters. The molecule has 3 aromatic carbocycles. The van der Waals surface area contributed by atoms with E-state index in [1.165, 1.54) is 39.8 Å². The Balaban J connectivity index is 1.28. The molecule has 2 heterocycles. The third-order valence-electron chi connectivity index (χ3n) is 7.24. The fourth-order valence-corrected chi connectivity index (χ4v) is 6.35. The lowest BCUT2D eigenvalue weighted by molar-refractivity contribution is 0.0576. The van der Waals surface area contributed by atoms with Gasteiger partial charge in [0, 0.05) is 39.6 Å². The van der Waals surface area contributed by atoms with Gasteiger partial charge >= 0.3 is 0 Å². The highest BCUT2D eigenvalue weighted by Crippen LogP contribution is 2.42. The number of pyridine rings is 1. The molecule has 206 valence electrons. The monoisotopic (exact) mass is 551 g/mol. The second-order valence-corrected chi connectivity index (χ2v) is 12.6. The van der Waals surface area contributed by atoms with Gasteiger partial charge in [-0.1, -0.05) is 42.5 Å². The highest BCUT2D eigenvalue weighted by atomic mass is 32.2. The largest absolute Gasteiger partial charge is 0.491 e. The van der Waals surface area contributed by atoms with Gasteiger partial charge < -0.3 is 19.4 Å². The summed E-state index contributed by atoms with van der Waals surface area (Å²) in [6.07, 6.45) is 4.57. The summed E-state index contributed by atoms with van der Waals surface area (Å²) in [7, 11) is 4.19. The number of rotatable bonds is 12. The molecule has 1 fully saturated rings. The maximum atomic E-state index is 6.55. The van der Waals surface area contributed by atoms with E-state index >= 15 is 0 Å². The topological polar surface area (TPSA) is 50.4 Å². The van der Waals surface area contributed by atoms with Crippen molar-refractivity contribution >= 4 is 33.7 Å². The zero-order valence-corrected chi connectivity index (χ0v) is 24.3. The minimum atomic E-state index is 0.231.